The molecule has 0 N–H and O–H groups in total. The number of ether oxygens (including phenoxy) is 1. The Labute approximate surface area is 107 Å². The van der Waals surface area contributed by atoms with Gasteiger partial charge in [0.1, 0.15) is 12.6 Å². The van der Waals surface area contributed by atoms with Crippen molar-refractivity contribution in [3.63, 3.8) is 0 Å². The van der Waals surface area contributed by atoms with Crippen LogP contribution in [0.4, 0.5) is 0 Å². The summed E-state index contributed by atoms with van der Waals surface area (Å²) in [5, 5.41) is 0. The lowest BCUT2D eigenvalue weighted by molar-refractivity contribution is -0.164. The summed E-state index contributed by atoms with van der Waals surface area (Å²) in [7, 11) is 0. The molecule has 3 aliphatic heterocycles. The minimum Gasteiger partial charge on any atom is -0.379 e. The van der Waals surface area contributed by atoms with Gasteiger partial charge in [-0.15, -0.1) is 0 Å². The molecule has 3 fully saturated rings. The van der Waals surface area contributed by atoms with Crippen molar-refractivity contribution in [1.29, 1.82) is 0 Å². The fourth-order valence-corrected chi connectivity index (χ4v) is 3.39. The van der Waals surface area contributed by atoms with Crippen LogP contribution in [0.5, 0.6) is 0 Å². The molecule has 5 nitrogen and oxygen atoms in total. The topological polar surface area (TPSA) is 49.9 Å². The van der Waals surface area contributed by atoms with Crippen molar-refractivity contribution in [3.8, 4) is 0 Å². The van der Waals surface area contributed by atoms with Crippen LogP contribution in [0, 0.1) is 0 Å². The number of piperazine rings is 1. The van der Waals surface area contributed by atoms with Crippen molar-refractivity contribution in [3.05, 3.63) is 0 Å². The van der Waals surface area contributed by atoms with E-state index in [0.717, 1.165) is 38.8 Å². The summed E-state index contributed by atoms with van der Waals surface area (Å²) in [6, 6.07) is -0.204. The molecule has 0 aromatic rings. The molecule has 0 aliphatic carbocycles. The van der Waals surface area contributed by atoms with Gasteiger partial charge in [-0.3, -0.25) is 9.59 Å². The molecule has 18 heavy (non-hydrogen) atoms. The van der Waals surface area contributed by atoms with Crippen LogP contribution in [0.2, 0.25) is 0 Å². The minimum absolute atomic E-state index is 0.101. The maximum absolute atomic E-state index is 12.5. The van der Waals surface area contributed by atoms with Gasteiger partial charge in [-0.2, -0.15) is 0 Å². The predicted molar refractivity (Wildman–Crippen MR) is 64.9 cm³/mol. The van der Waals surface area contributed by atoms with Gasteiger partial charge in [0.15, 0.2) is 0 Å². The normalized spacial score (nSPS) is 37.1. The number of hydrogen-bond acceptors (Lipinski definition) is 3. The van der Waals surface area contributed by atoms with Gasteiger partial charge in [0.2, 0.25) is 11.8 Å². The molecule has 0 bridgehead atoms. The van der Waals surface area contributed by atoms with Crippen molar-refractivity contribution in [2.45, 2.75) is 44.2 Å². The third-order valence-electron chi connectivity index (χ3n) is 4.49. The molecule has 2 amide bonds. The first-order valence-corrected chi connectivity index (χ1v) is 6.80. The highest BCUT2D eigenvalue weighted by atomic mass is 16.5. The smallest absolute Gasteiger partial charge is 0.246 e. The summed E-state index contributed by atoms with van der Waals surface area (Å²) in [6.45, 7) is 4.34. The predicted octanol–water partition coefficient (Wildman–Crippen LogP) is 0.389. The summed E-state index contributed by atoms with van der Waals surface area (Å²) in [4.78, 5) is 28.2. The zero-order valence-electron chi connectivity index (χ0n) is 10.9. The molecule has 2 atom stereocenters. The third kappa shape index (κ3) is 1.72. The summed E-state index contributed by atoms with van der Waals surface area (Å²) in [5.74, 6) is 0.226. The number of carbonyl (C=O) groups excluding carboxylic acids is 2. The van der Waals surface area contributed by atoms with E-state index in [-0.39, 0.29) is 29.9 Å². The summed E-state index contributed by atoms with van der Waals surface area (Å²) >= 11 is 0. The summed E-state index contributed by atoms with van der Waals surface area (Å²) < 4.78 is 5.51. The summed E-state index contributed by atoms with van der Waals surface area (Å²) in [6.07, 6.45) is 3.66. The molecule has 3 heterocycles. The van der Waals surface area contributed by atoms with Crippen molar-refractivity contribution in [2.75, 3.05) is 26.3 Å². The Morgan fingerprint density at radius 3 is 2.89 bits per heavy atom. The number of carbonyl (C=O) groups is 2. The van der Waals surface area contributed by atoms with Crippen LogP contribution in [0.25, 0.3) is 0 Å². The number of amides is 2. The monoisotopic (exact) mass is 252 g/mol. The highest BCUT2D eigenvalue weighted by Gasteiger charge is 2.48. The first kappa shape index (κ1) is 12.0. The van der Waals surface area contributed by atoms with Gasteiger partial charge >= 0.3 is 0 Å². The number of fused-ring (bicyclic) bond motifs is 1. The second-order valence-corrected chi connectivity index (χ2v) is 5.82. The molecule has 0 saturated carbocycles. The molecule has 3 rings (SSSR count). The van der Waals surface area contributed by atoms with E-state index in [4.69, 9.17) is 4.74 Å². The minimum atomic E-state index is -0.292. The highest BCUT2D eigenvalue weighted by molar-refractivity contribution is 5.95. The molecule has 0 aromatic carbocycles. The van der Waals surface area contributed by atoms with Gasteiger partial charge in [0, 0.05) is 13.2 Å². The highest BCUT2D eigenvalue weighted by Crippen LogP contribution is 2.32. The number of hydrogen-bond donors (Lipinski definition) is 0. The van der Waals surface area contributed by atoms with Crippen LogP contribution in [0.1, 0.15) is 32.6 Å². The van der Waals surface area contributed by atoms with Gasteiger partial charge in [0.25, 0.3) is 0 Å². The molecule has 0 aromatic heterocycles. The largest absolute Gasteiger partial charge is 0.379 e. The first-order chi connectivity index (χ1) is 8.62. The zero-order valence-corrected chi connectivity index (χ0v) is 10.9. The molecule has 2 unspecified atom stereocenters. The Hall–Kier alpha value is -1.10. The maximum atomic E-state index is 12.5. The molecule has 5 heteroatoms. The van der Waals surface area contributed by atoms with Gasteiger partial charge in [-0.25, -0.2) is 0 Å². The first-order valence-electron chi connectivity index (χ1n) is 6.80. The molecule has 100 valence electrons. The number of rotatable bonds is 1. The van der Waals surface area contributed by atoms with Crippen molar-refractivity contribution in [2.24, 2.45) is 0 Å². The van der Waals surface area contributed by atoms with E-state index in [1.807, 2.05) is 6.92 Å². The van der Waals surface area contributed by atoms with E-state index in [2.05, 4.69) is 0 Å². The van der Waals surface area contributed by atoms with E-state index < -0.39 is 0 Å². The van der Waals surface area contributed by atoms with Crippen LogP contribution < -0.4 is 0 Å². The van der Waals surface area contributed by atoms with E-state index in [0.29, 0.717) is 6.61 Å². The third-order valence-corrected chi connectivity index (χ3v) is 4.49. The van der Waals surface area contributed by atoms with Crippen LogP contribution in [0.15, 0.2) is 0 Å². The van der Waals surface area contributed by atoms with Crippen molar-refractivity contribution < 1.29 is 14.3 Å². The zero-order chi connectivity index (χ0) is 12.8. The lowest BCUT2D eigenvalue weighted by Crippen LogP contribution is -2.65. The van der Waals surface area contributed by atoms with Crippen LogP contribution in [-0.2, 0) is 14.3 Å². The van der Waals surface area contributed by atoms with Crippen molar-refractivity contribution >= 4 is 11.8 Å². The SMILES string of the molecule is CC1(N2CC(=O)N3CCCC3C2=O)CCCOC1. The maximum Gasteiger partial charge on any atom is 0.246 e. The summed E-state index contributed by atoms with van der Waals surface area (Å²) in [5.41, 5.74) is -0.292. The Kier molecular flexibility index (Phi) is 2.81. The van der Waals surface area contributed by atoms with Crippen LogP contribution >= 0.6 is 0 Å². The van der Waals surface area contributed by atoms with Gasteiger partial charge in [-0.1, -0.05) is 0 Å². The second-order valence-electron chi connectivity index (χ2n) is 5.82. The Morgan fingerprint density at radius 1 is 1.33 bits per heavy atom. The average Bonchev–Trinajstić information content (AvgIpc) is 2.84. The standard InChI is InChI=1S/C13H20N2O3/c1-13(5-3-7-18-9-13)15-8-11(16)14-6-2-4-10(14)12(15)17/h10H,2-9H2,1H3. The molecule has 3 aliphatic rings. The van der Waals surface area contributed by atoms with Crippen LogP contribution in [-0.4, -0.2) is 59.5 Å². The fourth-order valence-electron chi connectivity index (χ4n) is 3.39. The van der Waals surface area contributed by atoms with Gasteiger partial charge in [-0.05, 0) is 32.6 Å². The van der Waals surface area contributed by atoms with E-state index >= 15 is 0 Å². The number of nitrogens with zero attached hydrogens (tertiary/aromatic N) is 2. The molecule has 0 spiro atoms. The molecule has 0 radical (unpaired) electrons. The van der Waals surface area contributed by atoms with Gasteiger partial charge < -0.3 is 14.5 Å². The van der Waals surface area contributed by atoms with E-state index in [9.17, 15) is 9.59 Å². The molecule has 3 saturated heterocycles. The van der Waals surface area contributed by atoms with Crippen LogP contribution in [0.3, 0.4) is 0 Å². The average molecular weight is 252 g/mol. The quantitative estimate of drug-likeness (QED) is 0.678. The molecular weight excluding hydrogens is 232 g/mol. The Bertz CT molecular complexity index is 376. The van der Waals surface area contributed by atoms with E-state index in [1.54, 1.807) is 9.80 Å². The van der Waals surface area contributed by atoms with Gasteiger partial charge in [0.05, 0.1) is 12.1 Å². The lowest BCUT2D eigenvalue weighted by Gasteiger charge is -2.48. The lowest BCUT2D eigenvalue weighted by atomic mass is 9.90. The second kappa shape index (κ2) is 4.23. The Balaban J connectivity index is 1.84. The fraction of sp³-hybridized carbons (Fsp3) is 0.846. The van der Waals surface area contributed by atoms with E-state index in [1.165, 1.54) is 0 Å². The van der Waals surface area contributed by atoms with Crippen molar-refractivity contribution in [1.82, 2.24) is 9.80 Å². The Morgan fingerprint density at radius 2 is 2.17 bits per heavy atom. The molecular formula is C13H20N2O3.